The Morgan fingerprint density at radius 1 is 1.00 bits per heavy atom. The zero-order valence-electron chi connectivity index (χ0n) is 19.8. The second-order valence-corrected chi connectivity index (χ2v) is 8.66. The molecule has 0 aliphatic heterocycles. The van der Waals surface area contributed by atoms with Crippen LogP contribution in [0.5, 0.6) is 17.5 Å². The third kappa shape index (κ3) is 4.38. The summed E-state index contributed by atoms with van der Waals surface area (Å²) in [6.07, 6.45) is 0. The third-order valence-corrected chi connectivity index (χ3v) is 5.94. The highest BCUT2D eigenvalue weighted by atomic mass is 35.5. The number of halogens is 1. The number of rotatable bonds is 7. The van der Waals surface area contributed by atoms with Gasteiger partial charge in [0.15, 0.2) is 16.9 Å². The number of hydrogen-bond acceptors (Lipinski definition) is 7. The standard InChI is InChI=1S/C25H22ClN5O5/c1-15-11-20(36-28-15)14-31-23(32)21-22(29(2)25(31)33)27-24(35-19-6-4-5-18(12-19)34-3)30(21)13-16-7-9-17(26)10-8-16/h4-12H,13-14H2,1-3H3. The molecule has 5 rings (SSSR count). The summed E-state index contributed by atoms with van der Waals surface area (Å²) >= 11 is 6.06. The molecule has 184 valence electrons. The van der Waals surface area contributed by atoms with Gasteiger partial charge in [-0.3, -0.25) is 18.5 Å². The van der Waals surface area contributed by atoms with Gasteiger partial charge in [0.05, 0.1) is 25.9 Å². The number of aryl methyl sites for hydroxylation is 2. The molecule has 0 bridgehead atoms. The number of fused-ring (bicyclic) bond motifs is 1. The largest absolute Gasteiger partial charge is 0.497 e. The molecule has 10 nitrogen and oxygen atoms in total. The van der Waals surface area contributed by atoms with Crippen molar-refractivity contribution < 1.29 is 14.0 Å². The van der Waals surface area contributed by atoms with Crippen LogP contribution in [0, 0.1) is 6.92 Å². The van der Waals surface area contributed by atoms with Crippen LogP contribution in [-0.2, 0) is 20.1 Å². The van der Waals surface area contributed by atoms with Crippen LogP contribution in [0.2, 0.25) is 5.02 Å². The maximum Gasteiger partial charge on any atom is 0.332 e. The summed E-state index contributed by atoms with van der Waals surface area (Å²) in [5.41, 5.74) is 0.857. The quantitative estimate of drug-likeness (QED) is 0.330. The first-order valence-corrected chi connectivity index (χ1v) is 11.4. The minimum atomic E-state index is -0.536. The van der Waals surface area contributed by atoms with Gasteiger partial charge < -0.3 is 14.0 Å². The van der Waals surface area contributed by atoms with E-state index in [0.717, 1.165) is 10.1 Å². The number of aromatic nitrogens is 5. The van der Waals surface area contributed by atoms with E-state index >= 15 is 0 Å². The van der Waals surface area contributed by atoms with Crippen molar-refractivity contribution in [2.45, 2.75) is 20.0 Å². The van der Waals surface area contributed by atoms with E-state index in [0.29, 0.717) is 28.0 Å². The fourth-order valence-corrected chi connectivity index (χ4v) is 4.03. The Kier molecular flexibility index (Phi) is 6.11. The normalized spacial score (nSPS) is 11.2. The molecule has 11 heteroatoms. The smallest absolute Gasteiger partial charge is 0.332 e. The van der Waals surface area contributed by atoms with Crippen molar-refractivity contribution in [3.63, 3.8) is 0 Å². The second kappa shape index (κ2) is 9.38. The summed E-state index contributed by atoms with van der Waals surface area (Å²) in [6, 6.07) is 16.1. The maximum atomic E-state index is 13.7. The SMILES string of the molecule is COc1cccc(Oc2nc3c(c(=O)n(Cc4cc(C)no4)c(=O)n3C)n2Cc2ccc(Cl)cc2)c1. The van der Waals surface area contributed by atoms with Crippen molar-refractivity contribution in [3.8, 4) is 17.5 Å². The molecule has 0 saturated carbocycles. The van der Waals surface area contributed by atoms with Gasteiger partial charge in [0.1, 0.15) is 11.5 Å². The van der Waals surface area contributed by atoms with E-state index in [4.69, 9.17) is 25.6 Å². The molecule has 0 aliphatic rings. The summed E-state index contributed by atoms with van der Waals surface area (Å²) in [7, 11) is 3.12. The summed E-state index contributed by atoms with van der Waals surface area (Å²) in [5, 5.41) is 4.44. The highest BCUT2D eigenvalue weighted by Crippen LogP contribution is 2.28. The van der Waals surface area contributed by atoms with Crippen molar-refractivity contribution in [3.05, 3.63) is 97.5 Å². The fraction of sp³-hybridized carbons (Fsp3) is 0.200. The average molecular weight is 508 g/mol. The molecule has 2 aromatic carbocycles. The second-order valence-electron chi connectivity index (χ2n) is 8.23. The lowest BCUT2D eigenvalue weighted by Crippen LogP contribution is -2.39. The van der Waals surface area contributed by atoms with E-state index in [2.05, 4.69) is 10.1 Å². The predicted molar refractivity (Wildman–Crippen MR) is 133 cm³/mol. The Morgan fingerprint density at radius 3 is 2.44 bits per heavy atom. The van der Waals surface area contributed by atoms with E-state index < -0.39 is 11.2 Å². The lowest BCUT2D eigenvalue weighted by Gasteiger charge is -2.11. The highest BCUT2D eigenvalue weighted by Gasteiger charge is 2.23. The number of methoxy groups -OCH3 is 1. The number of imidazole rings is 1. The first kappa shape index (κ1) is 23.4. The molecule has 0 spiro atoms. The summed E-state index contributed by atoms with van der Waals surface area (Å²) in [5.74, 6) is 1.46. The van der Waals surface area contributed by atoms with Crippen LogP contribution in [0.3, 0.4) is 0 Å². The predicted octanol–water partition coefficient (Wildman–Crippen LogP) is 3.74. The van der Waals surface area contributed by atoms with Gasteiger partial charge in [0.2, 0.25) is 0 Å². The summed E-state index contributed by atoms with van der Waals surface area (Å²) in [4.78, 5) is 31.3. The molecule has 0 radical (unpaired) electrons. The fourth-order valence-electron chi connectivity index (χ4n) is 3.90. The minimum absolute atomic E-state index is 0.0690. The van der Waals surface area contributed by atoms with E-state index in [1.54, 1.807) is 68.1 Å². The molecule has 0 saturated heterocycles. The number of ether oxygens (including phenoxy) is 2. The molecular formula is C25H22ClN5O5. The molecule has 5 aromatic rings. The molecular weight excluding hydrogens is 486 g/mol. The van der Waals surface area contributed by atoms with Gasteiger partial charge in [-0.1, -0.05) is 35.0 Å². The zero-order chi connectivity index (χ0) is 25.4. The Balaban J connectivity index is 1.70. The molecule has 0 N–H and O–H groups in total. The van der Waals surface area contributed by atoms with Gasteiger partial charge in [-0.25, -0.2) is 4.79 Å². The van der Waals surface area contributed by atoms with Gasteiger partial charge in [0, 0.05) is 24.2 Å². The van der Waals surface area contributed by atoms with Crippen molar-refractivity contribution in [1.29, 1.82) is 0 Å². The van der Waals surface area contributed by atoms with Gasteiger partial charge in [-0.05, 0) is 36.8 Å². The molecule has 0 aliphatic carbocycles. The van der Waals surface area contributed by atoms with Crippen LogP contribution in [0.1, 0.15) is 17.0 Å². The average Bonchev–Trinajstić information content (AvgIpc) is 3.45. The molecule has 3 heterocycles. The van der Waals surface area contributed by atoms with Gasteiger partial charge >= 0.3 is 11.7 Å². The van der Waals surface area contributed by atoms with Crippen molar-refractivity contribution in [2.75, 3.05) is 7.11 Å². The summed E-state index contributed by atoms with van der Waals surface area (Å²) in [6.45, 7) is 1.95. The van der Waals surface area contributed by atoms with Crippen molar-refractivity contribution >= 4 is 22.8 Å². The number of hydrogen-bond donors (Lipinski definition) is 0. The molecule has 0 atom stereocenters. The lowest BCUT2D eigenvalue weighted by molar-refractivity contribution is 0.369. The number of benzene rings is 2. The van der Waals surface area contributed by atoms with Crippen LogP contribution < -0.4 is 20.7 Å². The number of nitrogens with zero attached hydrogens (tertiary/aromatic N) is 5. The third-order valence-electron chi connectivity index (χ3n) is 5.69. The molecule has 0 unspecified atom stereocenters. The molecule has 0 fully saturated rings. The summed E-state index contributed by atoms with van der Waals surface area (Å²) < 4.78 is 20.7. The maximum absolute atomic E-state index is 13.7. The first-order chi connectivity index (χ1) is 17.3. The Morgan fingerprint density at radius 2 is 1.75 bits per heavy atom. The van der Waals surface area contributed by atoms with E-state index in [9.17, 15) is 9.59 Å². The van der Waals surface area contributed by atoms with Gasteiger partial charge in [0.25, 0.3) is 5.56 Å². The van der Waals surface area contributed by atoms with Crippen LogP contribution >= 0.6 is 11.6 Å². The molecule has 3 aromatic heterocycles. The molecule has 0 amide bonds. The van der Waals surface area contributed by atoms with Crippen molar-refractivity contribution in [2.24, 2.45) is 7.05 Å². The van der Waals surface area contributed by atoms with E-state index in [1.165, 1.54) is 4.57 Å². The lowest BCUT2D eigenvalue weighted by atomic mass is 10.2. The monoisotopic (exact) mass is 507 g/mol. The Bertz CT molecular complexity index is 1680. The van der Waals surface area contributed by atoms with E-state index in [1.807, 2.05) is 12.1 Å². The Labute approximate surface area is 209 Å². The van der Waals surface area contributed by atoms with Crippen LogP contribution in [0.15, 0.2) is 68.7 Å². The molecule has 36 heavy (non-hydrogen) atoms. The Hall–Kier alpha value is -4.31. The van der Waals surface area contributed by atoms with Crippen LogP contribution in [0.25, 0.3) is 11.2 Å². The first-order valence-electron chi connectivity index (χ1n) is 11.0. The van der Waals surface area contributed by atoms with Crippen molar-refractivity contribution in [1.82, 2.24) is 23.8 Å². The van der Waals surface area contributed by atoms with Crippen LogP contribution in [-0.4, -0.2) is 31.0 Å². The van der Waals surface area contributed by atoms with Gasteiger partial charge in [-0.15, -0.1) is 0 Å². The minimum Gasteiger partial charge on any atom is -0.497 e. The van der Waals surface area contributed by atoms with Gasteiger partial charge in [-0.2, -0.15) is 4.98 Å². The highest BCUT2D eigenvalue weighted by molar-refractivity contribution is 6.30. The van der Waals surface area contributed by atoms with Crippen LogP contribution in [0.4, 0.5) is 0 Å². The topological polar surface area (TPSA) is 106 Å². The van der Waals surface area contributed by atoms with E-state index in [-0.39, 0.29) is 30.3 Å². The zero-order valence-corrected chi connectivity index (χ0v) is 20.5.